The Bertz CT molecular complexity index is 814. The molecule has 8 nitrogen and oxygen atoms in total. The zero-order valence-electron chi connectivity index (χ0n) is 16.8. The summed E-state index contributed by atoms with van der Waals surface area (Å²) in [6.07, 6.45) is -0.197. The van der Waals surface area contributed by atoms with Crippen LogP contribution in [0, 0.1) is 0 Å². The average molecular weight is 437 g/mol. The maximum absolute atomic E-state index is 12.3. The Balaban J connectivity index is 0.00000450. The van der Waals surface area contributed by atoms with Crippen molar-refractivity contribution in [3.05, 3.63) is 60.2 Å². The van der Waals surface area contributed by atoms with Gasteiger partial charge in [0.1, 0.15) is 17.5 Å². The molecule has 0 aliphatic heterocycles. The number of ether oxygens (including phenoxy) is 3. The van der Waals surface area contributed by atoms with Crippen LogP contribution in [0.1, 0.15) is 23.7 Å². The van der Waals surface area contributed by atoms with Crippen LogP contribution >= 0.6 is 12.4 Å². The number of carbonyl (C=O) groups is 3. The molecule has 2 aromatic carbocycles. The van der Waals surface area contributed by atoms with Crippen molar-refractivity contribution in [2.45, 2.75) is 19.4 Å². The second kappa shape index (κ2) is 13.2. The average Bonchev–Trinajstić information content (AvgIpc) is 2.73. The fourth-order valence-corrected chi connectivity index (χ4v) is 2.38. The summed E-state index contributed by atoms with van der Waals surface area (Å²) in [4.78, 5) is 35.6. The number of carbonyl (C=O) groups excluding carboxylic acids is 3. The first-order valence-electron chi connectivity index (χ1n) is 9.20. The fourth-order valence-electron chi connectivity index (χ4n) is 2.38. The normalized spacial score (nSPS) is 10.9. The van der Waals surface area contributed by atoms with Gasteiger partial charge >= 0.3 is 18.0 Å². The van der Waals surface area contributed by atoms with Crippen molar-refractivity contribution >= 4 is 30.4 Å². The third-order valence-electron chi connectivity index (χ3n) is 3.87. The number of hydrogen-bond donors (Lipinski definition) is 2. The molecule has 2 aromatic rings. The van der Waals surface area contributed by atoms with E-state index in [0.717, 1.165) is 0 Å². The van der Waals surface area contributed by atoms with Gasteiger partial charge in [0.25, 0.3) is 0 Å². The molecule has 2 N–H and O–H groups in total. The number of benzene rings is 2. The Hall–Kier alpha value is -3.10. The van der Waals surface area contributed by atoms with E-state index in [9.17, 15) is 14.4 Å². The van der Waals surface area contributed by atoms with Crippen LogP contribution in [0.15, 0.2) is 54.6 Å². The minimum absolute atomic E-state index is 0. The molecule has 0 aromatic heterocycles. The number of amides is 1. The molecule has 1 amide bonds. The summed E-state index contributed by atoms with van der Waals surface area (Å²) in [6.45, 7) is 2.25. The molecule has 1 unspecified atom stereocenters. The molecule has 0 saturated carbocycles. The van der Waals surface area contributed by atoms with Crippen LogP contribution in [-0.4, -0.2) is 44.3 Å². The third-order valence-corrected chi connectivity index (χ3v) is 3.87. The summed E-state index contributed by atoms with van der Waals surface area (Å²) >= 11 is 0. The number of rotatable bonds is 9. The standard InChI is InChI=1S/C21H24N2O6.ClH/c1-3-27-21(26)23-14-13-18(22-2)20(25)29-17-11-9-16(10-12-17)28-19(24)15-7-5-4-6-8-15;/h4-12,18,22H,3,13-14H2,1-2H3,(H,23,26);1H. The van der Waals surface area contributed by atoms with Crippen LogP contribution in [0.2, 0.25) is 0 Å². The maximum Gasteiger partial charge on any atom is 0.407 e. The van der Waals surface area contributed by atoms with E-state index in [2.05, 4.69) is 10.6 Å². The molecule has 0 saturated heterocycles. The predicted molar refractivity (Wildman–Crippen MR) is 113 cm³/mol. The Morgan fingerprint density at radius 2 is 1.53 bits per heavy atom. The van der Waals surface area contributed by atoms with Crippen LogP contribution in [0.25, 0.3) is 0 Å². The monoisotopic (exact) mass is 436 g/mol. The second-order valence-electron chi connectivity index (χ2n) is 5.93. The van der Waals surface area contributed by atoms with Crippen molar-refractivity contribution in [1.82, 2.24) is 10.6 Å². The third kappa shape index (κ3) is 8.10. The minimum Gasteiger partial charge on any atom is -0.450 e. The number of halogens is 1. The number of likely N-dealkylation sites (N-methyl/N-ethyl adjacent to an activating group) is 1. The SMILES string of the molecule is CCOC(=O)NCCC(NC)C(=O)Oc1ccc(OC(=O)c2ccccc2)cc1.Cl. The predicted octanol–water partition coefficient (Wildman–Crippen LogP) is 2.96. The van der Waals surface area contributed by atoms with Gasteiger partial charge in [0.2, 0.25) is 0 Å². The van der Waals surface area contributed by atoms with Crippen LogP contribution < -0.4 is 20.1 Å². The zero-order valence-corrected chi connectivity index (χ0v) is 17.6. The highest BCUT2D eigenvalue weighted by molar-refractivity contribution is 5.91. The Labute approximate surface area is 181 Å². The molecule has 0 fully saturated rings. The van der Waals surface area contributed by atoms with Gasteiger partial charge in [-0.2, -0.15) is 0 Å². The van der Waals surface area contributed by atoms with Crippen LogP contribution in [-0.2, 0) is 9.53 Å². The first-order valence-corrected chi connectivity index (χ1v) is 9.20. The number of hydrogen-bond acceptors (Lipinski definition) is 7. The first kappa shape index (κ1) is 24.9. The zero-order chi connectivity index (χ0) is 21.1. The Morgan fingerprint density at radius 1 is 0.933 bits per heavy atom. The highest BCUT2D eigenvalue weighted by Gasteiger charge is 2.19. The summed E-state index contributed by atoms with van der Waals surface area (Å²) in [5.74, 6) is -0.317. The van der Waals surface area contributed by atoms with Gasteiger partial charge in [-0.25, -0.2) is 14.4 Å². The van der Waals surface area contributed by atoms with Crippen molar-refractivity contribution in [3.63, 3.8) is 0 Å². The molecule has 0 spiro atoms. The van der Waals surface area contributed by atoms with E-state index in [1.807, 2.05) is 6.07 Å². The molecule has 0 radical (unpaired) electrons. The summed E-state index contributed by atoms with van der Waals surface area (Å²) in [5, 5.41) is 5.40. The summed E-state index contributed by atoms with van der Waals surface area (Å²) in [6, 6.07) is 14.2. The molecule has 0 bridgehead atoms. The summed E-state index contributed by atoms with van der Waals surface area (Å²) < 4.78 is 15.4. The maximum atomic E-state index is 12.3. The Kier molecular flexibility index (Phi) is 11.0. The summed E-state index contributed by atoms with van der Waals surface area (Å²) in [7, 11) is 1.63. The van der Waals surface area contributed by atoms with Crippen LogP contribution in [0.5, 0.6) is 11.5 Å². The van der Waals surface area contributed by atoms with Crippen molar-refractivity contribution in [3.8, 4) is 11.5 Å². The van der Waals surface area contributed by atoms with Gasteiger partial charge in [0.15, 0.2) is 0 Å². The highest BCUT2D eigenvalue weighted by atomic mass is 35.5. The molecule has 0 aliphatic carbocycles. The van der Waals surface area contributed by atoms with E-state index in [1.54, 1.807) is 50.4 Å². The van der Waals surface area contributed by atoms with E-state index >= 15 is 0 Å². The number of alkyl carbamates (subject to hydrolysis) is 1. The van der Waals surface area contributed by atoms with Gasteiger partial charge in [0.05, 0.1) is 12.2 Å². The van der Waals surface area contributed by atoms with E-state index in [0.29, 0.717) is 23.5 Å². The van der Waals surface area contributed by atoms with Gasteiger partial charge < -0.3 is 24.8 Å². The lowest BCUT2D eigenvalue weighted by Gasteiger charge is -2.15. The van der Waals surface area contributed by atoms with Gasteiger partial charge in [-0.15, -0.1) is 12.4 Å². The van der Waals surface area contributed by atoms with E-state index in [1.165, 1.54) is 12.1 Å². The molecule has 1 atom stereocenters. The molecular weight excluding hydrogens is 412 g/mol. The molecular formula is C21H25ClN2O6. The molecule has 30 heavy (non-hydrogen) atoms. The smallest absolute Gasteiger partial charge is 0.407 e. The van der Waals surface area contributed by atoms with Gasteiger partial charge in [0, 0.05) is 6.54 Å². The van der Waals surface area contributed by atoms with E-state index in [4.69, 9.17) is 14.2 Å². The molecule has 162 valence electrons. The van der Waals surface area contributed by atoms with Crippen molar-refractivity contribution < 1.29 is 28.6 Å². The van der Waals surface area contributed by atoms with E-state index < -0.39 is 24.1 Å². The first-order chi connectivity index (χ1) is 14.0. The lowest BCUT2D eigenvalue weighted by Crippen LogP contribution is -2.40. The molecule has 0 aliphatic rings. The van der Waals surface area contributed by atoms with Crippen LogP contribution in [0.3, 0.4) is 0 Å². The topological polar surface area (TPSA) is 103 Å². The van der Waals surface area contributed by atoms with Gasteiger partial charge in [-0.1, -0.05) is 18.2 Å². The fraction of sp³-hybridized carbons (Fsp3) is 0.286. The van der Waals surface area contributed by atoms with Crippen molar-refractivity contribution in [2.24, 2.45) is 0 Å². The Morgan fingerprint density at radius 3 is 2.10 bits per heavy atom. The second-order valence-corrected chi connectivity index (χ2v) is 5.93. The molecule has 0 heterocycles. The lowest BCUT2D eigenvalue weighted by molar-refractivity contribution is -0.136. The largest absolute Gasteiger partial charge is 0.450 e. The van der Waals surface area contributed by atoms with E-state index in [-0.39, 0.29) is 25.6 Å². The highest BCUT2D eigenvalue weighted by Crippen LogP contribution is 2.19. The van der Waals surface area contributed by atoms with Crippen LogP contribution in [0.4, 0.5) is 4.79 Å². The molecule has 9 heteroatoms. The number of nitrogens with one attached hydrogen (secondary N) is 2. The van der Waals surface area contributed by atoms with Gasteiger partial charge in [-0.3, -0.25) is 0 Å². The van der Waals surface area contributed by atoms with Crippen molar-refractivity contribution in [1.29, 1.82) is 0 Å². The lowest BCUT2D eigenvalue weighted by atomic mass is 10.2. The quantitative estimate of drug-likeness (QED) is 0.460. The summed E-state index contributed by atoms with van der Waals surface area (Å²) in [5.41, 5.74) is 0.441. The van der Waals surface area contributed by atoms with Crippen molar-refractivity contribution in [2.75, 3.05) is 20.2 Å². The van der Waals surface area contributed by atoms with Gasteiger partial charge in [-0.05, 0) is 56.8 Å². The number of esters is 2. The molecule has 2 rings (SSSR count). The minimum atomic E-state index is -0.604.